The van der Waals surface area contributed by atoms with Crippen molar-refractivity contribution in [3.8, 4) is 6.07 Å². The van der Waals surface area contributed by atoms with Crippen molar-refractivity contribution in [3.63, 3.8) is 0 Å². The second kappa shape index (κ2) is 6.06. The van der Waals surface area contributed by atoms with Gasteiger partial charge in [0.25, 0.3) is 10.0 Å². The zero-order valence-electron chi connectivity index (χ0n) is 10.9. The Morgan fingerprint density at radius 1 is 1.24 bits per heavy atom. The van der Waals surface area contributed by atoms with Crippen LogP contribution in [0.3, 0.4) is 0 Å². The van der Waals surface area contributed by atoms with Gasteiger partial charge >= 0.3 is 0 Å². The van der Waals surface area contributed by atoms with Crippen LogP contribution < -0.4 is 4.72 Å². The summed E-state index contributed by atoms with van der Waals surface area (Å²) in [6.45, 7) is 1.70. The van der Waals surface area contributed by atoms with Crippen LogP contribution in [0.5, 0.6) is 0 Å². The lowest BCUT2D eigenvalue weighted by Crippen LogP contribution is -2.15. The number of aryl methyl sites for hydroxylation is 1. The van der Waals surface area contributed by atoms with E-state index in [0.29, 0.717) is 15.1 Å². The van der Waals surface area contributed by atoms with Crippen LogP contribution in [-0.2, 0) is 10.0 Å². The van der Waals surface area contributed by atoms with Crippen LogP contribution in [0.4, 0.5) is 5.69 Å². The first-order valence-electron chi connectivity index (χ1n) is 5.82. The lowest BCUT2D eigenvalue weighted by molar-refractivity contribution is 0.600. The Morgan fingerprint density at radius 2 is 1.95 bits per heavy atom. The van der Waals surface area contributed by atoms with E-state index in [9.17, 15) is 8.42 Å². The number of benzene rings is 2. The van der Waals surface area contributed by atoms with E-state index in [1.54, 1.807) is 19.1 Å². The molecule has 0 aliphatic carbocycles. The van der Waals surface area contributed by atoms with Crippen LogP contribution in [0.15, 0.2) is 45.8 Å². The van der Waals surface area contributed by atoms with Gasteiger partial charge in [0.15, 0.2) is 0 Å². The molecule has 2 rings (SSSR count). The van der Waals surface area contributed by atoms with Gasteiger partial charge in [-0.1, -0.05) is 33.6 Å². The van der Waals surface area contributed by atoms with E-state index in [-0.39, 0.29) is 16.1 Å². The maximum atomic E-state index is 12.5. The zero-order valence-corrected chi connectivity index (χ0v) is 14.1. The zero-order chi connectivity index (χ0) is 15.6. The number of rotatable bonds is 3. The minimum Gasteiger partial charge on any atom is -0.278 e. The van der Waals surface area contributed by atoms with E-state index in [1.165, 1.54) is 24.3 Å². The van der Waals surface area contributed by atoms with Crippen LogP contribution in [0.25, 0.3) is 0 Å². The van der Waals surface area contributed by atoms with Crippen LogP contribution >= 0.6 is 27.5 Å². The van der Waals surface area contributed by atoms with Crippen molar-refractivity contribution >= 4 is 43.2 Å². The van der Waals surface area contributed by atoms with Gasteiger partial charge in [0, 0.05) is 9.50 Å². The molecule has 0 heterocycles. The predicted octanol–water partition coefficient (Wildman–Crippen LogP) is 4.08. The number of halogens is 2. The second-order valence-electron chi connectivity index (χ2n) is 4.32. The summed E-state index contributed by atoms with van der Waals surface area (Å²) in [7, 11) is -3.81. The lowest BCUT2D eigenvalue weighted by Gasteiger charge is -2.12. The molecule has 0 fully saturated rings. The first kappa shape index (κ1) is 15.8. The molecule has 7 heteroatoms. The summed E-state index contributed by atoms with van der Waals surface area (Å²) in [4.78, 5) is 0.140. The molecule has 21 heavy (non-hydrogen) atoms. The van der Waals surface area contributed by atoms with Gasteiger partial charge in [-0.05, 0) is 42.8 Å². The number of hydrogen-bond acceptors (Lipinski definition) is 3. The topological polar surface area (TPSA) is 70.0 Å². The van der Waals surface area contributed by atoms with Gasteiger partial charge in [0.1, 0.15) is 6.07 Å². The molecular formula is C14H10BrClN2O2S. The first-order chi connectivity index (χ1) is 9.83. The number of nitriles is 1. The van der Waals surface area contributed by atoms with Crippen LogP contribution in [0.2, 0.25) is 5.02 Å². The Bertz CT molecular complexity index is 845. The number of nitrogens with zero attached hydrogens (tertiary/aromatic N) is 1. The van der Waals surface area contributed by atoms with Gasteiger partial charge in [0.2, 0.25) is 0 Å². The minimum atomic E-state index is -3.81. The van der Waals surface area contributed by atoms with Crippen molar-refractivity contribution < 1.29 is 8.42 Å². The molecule has 108 valence electrons. The maximum Gasteiger partial charge on any atom is 0.262 e. The monoisotopic (exact) mass is 384 g/mol. The Labute approximate surface area is 136 Å². The number of nitrogens with one attached hydrogen (secondary N) is 1. The second-order valence-corrected chi connectivity index (χ2v) is 7.32. The van der Waals surface area contributed by atoms with Crippen molar-refractivity contribution in [2.24, 2.45) is 0 Å². The highest BCUT2D eigenvalue weighted by Gasteiger charge is 2.19. The predicted molar refractivity (Wildman–Crippen MR) is 85.9 cm³/mol. The molecule has 0 saturated heterocycles. The van der Waals surface area contributed by atoms with Gasteiger partial charge in [-0.2, -0.15) is 5.26 Å². The summed E-state index contributed by atoms with van der Waals surface area (Å²) in [5.41, 5.74) is 0.964. The van der Waals surface area contributed by atoms with Crippen molar-refractivity contribution in [1.29, 1.82) is 5.26 Å². The number of sulfonamides is 1. The molecule has 2 aromatic carbocycles. The molecule has 1 N–H and O–H groups in total. The average Bonchev–Trinajstić information content (AvgIpc) is 2.41. The fraction of sp³-hybridized carbons (Fsp3) is 0.0714. The molecule has 4 nitrogen and oxygen atoms in total. The van der Waals surface area contributed by atoms with Crippen LogP contribution in [0.1, 0.15) is 11.1 Å². The summed E-state index contributed by atoms with van der Waals surface area (Å²) in [6, 6.07) is 11.3. The molecule has 0 aliphatic rings. The van der Waals surface area contributed by atoms with Crippen molar-refractivity contribution in [2.75, 3.05) is 4.72 Å². The van der Waals surface area contributed by atoms with E-state index >= 15 is 0 Å². The standard InChI is InChI=1S/C14H10BrClN2O2S/c1-9-2-4-11(15)6-14(9)21(19,20)18-13-7-12(16)5-3-10(13)8-17/h2-7,18H,1H3. The fourth-order valence-corrected chi connectivity index (χ4v) is 3.79. The summed E-state index contributed by atoms with van der Waals surface area (Å²) in [5.74, 6) is 0. The van der Waals surface area contributed by atoms with Gasteiger partial charge in [-0.25, -0.2) is 8.42 Å². The SMILES string of the molecule is Cc1ccc(Br)cc1S(=O)(=O)Nc1cc(Cl)ccc1C#N. The minimum absolute atomic E-state index is 0.140. The summed E-state index contributed by atoms with van der Waals surface area (Å²) in [5, 5.41) is 9.39. The molecule has 2 aromatic rings. The molecular weight excluding hydrogens is 376 g/mol. The van der Waals surface area contributed by atoms with Crippen molar-refractivity contribution in [2.45, 2.75) is 11.8 Å². The van der Waals surface area contributed by atoms with E-state index in [0.717, 1.165) is 0 Å². The maximum absolute atomic E-state index is 12.5. The third kappa shape index (κ3) is 3.56. The molecule has 0 bridgehead atoms. The van der Waals surface area contributed by atoms with Gasteiger partial charge < -0.3 is 0 Å². The summed E-state index contributed by atoms with van der Waals surface area (Å²) in [6.07, 6.45) is 0. The smallest absolute Gasteiger partial charge is 0.262 e. The Hall–Kier alpha value is -1.55. The van der Waals surface area contributed by atoms with E-state index in [4.69, 9.17) is 16.9 Å². The average molecular weight is 386 g/mol. The van der Waals surface area contributed by atoms with Gasteiger partial charge in [-0.15, -0.1) is 0 Å². The molecule has 0 aliphatic heterocycles. The third-order valence-electron chi connectivity index (χ3n) is 2.79. The molecule has 0 radical (unpaired) electrons. The fourth-order valence-electron chi connectivity index (χ4n) is 1.76. The molecule has 0 atom stereocenters. The lowest BCUT2D eigenvalue weighted by atomic mass is 10.2. The van der Waals surface area contributed by atoms with Crippen LogP contribution in [-0.4, -0.2) is 8.42 Å². The third-order valence-corrected chi connectivity index (χ3v) is 5.02. The van der Waals surface area contributed by atoms with Gasteiger partial charge in [0.05, 0.1) is 16.1 Å². The Balaban J connectivity index is 2.50. The first-order valence-corrected chi connectivity index (χ1v) is 8.47. The van der Waals surface area contributed by atoms with Crippen LogP contribution in [0, 0.1) is 18.3 Å². The highest BCUT2D eigenvalue weighted by Crippen LogP contribution is 2.26. The van der Waals surface area contributed by atoms with E-state index < -0.39 is 10.0 Å². The molecule has 0 saturated carbocycles. The quantitative estimate of drug-likeness (QED) is 0.865. The van der Waals surface area contributed by atoms with Crippen molar-refractivity contribution in [3.05, 3.63) is 57.0 Å². The molecule has 0 spiro atoms. The normalized spacial score (nSPS) is 11.0. The largest absolute Gasteiger partial charge is 0.278 e. The van der Waals surface area contributed by atoms with Crippen molar-refractivity contribution in [1.82, 2.24) is 0 Å². The Morgan fingerprint density at radius 3 is 2.62 bits per heavy atom. The highest BCUT2D eigenvalue weighted by atomic mass is 79.9. The Kier molecular flexibility index (Phi) is 4.57. The number of hydrogen-bond donors (Lipinski definition) is 1. The van der Waals surface area contributed by atoms with E-state index in [2.05, 4.69) is 20.7 Å². The summed E-state index contributed by atoms with van der Waals surface area (Å²) >= 11 is 9.10. The summed E-state index contributed by atoms with van der Waals surface area (Å²) < 4.78 is 28.0. The van der Waals surface area contributed by atoms with Gasteiger partial charge in [-0.3, -0.25) is 4.72 Å². The number of anilines is 1. The highest BCUT2D eigenvalue weighted by molar-refractivity contribution is 9.10. The molecule has 0 unspecified atom stereocenters. The molecule has 0 aromatic heterocycles. The molecule has 0 amide bonds. The van der Waals surface area contributed by atoms with E-state index in [1.807, 2.05) is 6.07 Å².